The van der Waals surface area contributed by atoms with E-state index in [-0.39, 0.29) is 0 Å². The van der Waals surface area contributed by atoms with Crippen molar-refractivity contribution >= 4 is 39.1 Å². The average molecular weight is 475 g/mol. The van der Waals surface area contributed by atoms with Gasteiger partial charge in [0.1, 0.15) is 5.82 Å². The summed E-state index contributed by atoms with van der Waals surface area (Å²) in [5.41, 5.74) is 2.61. The van der Waals surface area contributed by atoms with Gasteiger partial charge in [0.15, 0.2) is 11.5 Å². The van der Waals surface area contributed by atoms with Gasteiger partial charge in [0.25, 0.3) is 0 Å². The lowest BCUT2D eigenvalue weighted by Gasteiger charge is -2.15. The molecular weight excluding hydrogens is 452 g/mol. The van der Waals surface area contributed by atoms with Gasteiger partial charge in [-0.25, -0.2) is 4.98 Å². The van der Waals surface area contributed by atoms with E-state index in [2.05, 4.69) is 36.5 Å². The molecule has 3 aromatic rings. The van der Waals surface area contributed by atoms with Gasteiger partial charge >= 0.3 is 0 Å². The molecule has 1 heterocycles. The van der Waals surface area contributed by atoms with E-state index in [0.717, 1.165) is 15.7 Å². The average Bonchev–Trinajstić information content (AvgIpc) is 2.76. The minimum atomic E-state index is 0.402. The van der Waals surface area contributed by atoms with Gasteiger partial charge in [-0.15, -0.1) is 0 Å². The Morgan fingerprint density at radius 1 is 0.933 bits per heavy atom. The Balaban J connectivity index is 1.89. The Bertz CT molecular complexity index is 991. The second-order valence-electron chi connectivity index (χ2n) is 6.14. The largest absolute Gasteiger partial charge is 0.493 e. The number of halogens is 1. The number of anilines is 4. The van der Waals surface area contributed by atoms with Gasteiger partial charge in [-0.3, -0.25) is 0 Å². The molecule has 0 aliphatic carbocycles. The number of hydrogen-bond donors (Lipinski definition) is 2. The third kappa shape index (κ3) is 4.92. The SMILES string of the molecule is COCc1ccccc1Nc1nc(Nc2cc(OC)c(OC)c(OC)c2)ncc1Br. The number of rotatable bonds is 9. The molecule has 0 bridgehead atoms. The lowest BCUT2D eigenvalue weighted by molar-refractivity contribution is 0.185. The summed E-state index contributed by atoms with van der Waals surface area (Å²) < 4.78 is 22.2. The van der Waals surface area contributed by atoms with Gasteiger partial charge in [0.05, 0.1) is 32.4 Å². The van der Waals surface area contributed by atoms with Gasteiger partial charge < -0.3 is 29.6 Å². The predicted molar refractivity (Wildman–Crippen MR) is 120 cm³/mol. The van der Waals surface area contributed by atoms with E-state index in [0.29, 0.717) is 41.3 Å². The van der Waals surface area contributed by atoms with Gasteiger partial charge in [-0.1, -0.05) is 18.2 Å². The first-order chi connectivity index (χ1) is 14.6. The van der Waals surface area contributed by atoms with Crippen molar-refractivity contribution in [3.8, 4) is 17.2 Å². The molecule has 8 nitrogen and oxygen atoms in total. The van der Waals surface area contributed by atoms with Crippen LogP contribution < -0.4 is 24.8 Å². The van der Waals surface area contributed by atoms with Crippen molar-refractivity contribution in [1.82, 2.24) is 9.97 Å². The van der Waals surface area contributed by atoms with Crippen molar-refractivity contribution in [2.75, 3.05) is 39.1 Å². The number of nitrogens with one attached hydrogen (secondary N) is 2. The topological polar surface area (TPSA) is 86.8 Å². The molecule has 3 rings (SSSR count). The quantitative estimate of drug-likeness (QED) is 0.452. The third-order valence-corrected chi connectivity index (χ3v) is 4.82. The molecule has 0 radical (unpaired) electrons. The monoisotopic (exact) mass is 474 g/mol. The number of hydrogen-bond acceptors (Lipinski definition) is 8. The molecule has 0 spiro atoms. The maximum absolute atomic E-state index is 5.40. The van der Waals surface area contributed by atoms with Gasteiger partial charge in [-0.2, -0.15) is 4.98 Å². The Labute approximate surface area is 183 Å². The number of para-hydroxylation sites is 1. The summed E-state index contributed by atoms with van der Waals surface area (Å²) in [5, 5.41) is 6.50. The number of ether oxygens (including phenoxy) is 4. The van der Waals surface area contributed by atoms with Crippen molar-refractivity contribution in [3.05, 3.63) is 52.6 Å². The van der Waals surface area contributed by atoms with Gasteiger partial charge in [0, 0.05) is 42.4 Å². The maximum atomic E-state index is 5.40. The fourth-order valence-corrected chi connectivity index (χ4v) is 3.14. The fraction of sp³-hybridized carbons (Fsp3) is 0.238. The van der Waals surface area contributed by atoms with Crippen LogP contribution in [0.25, 0.3) is 0 Å². The van der Waals surface area contributed by atoms with Gasteiger partial charge in [-0.05, 0) is 22.0 Å². The molecule has 0 fully saturated rings. The number of nitrogens with zero attached hydrogens (tertiary/aromatic N) is 2. The van der Waals surface area contributed by atoms with Crippen molar-refractivity contribution in [3.63, 3.8) is 0 Å². The predicted octanol–water partition coefficient (Wildman–Crippen LogP) is 4.90. The van der Waals surface area contributed by atoms with Crippen LogP contribution in [0, 0.1) is 0 Å². The molecule has 2 aromatic carbocycles. The van der Waals surface area contributed by atoms with Crippen LogP contribution in [0.3, 0.4) is 0 Å². The molecule has 0 unspecified atom stereocenters. The zero-order chi connectivity index (χ0) is 21.5. The first-order valence-corrected chi connectivity index (χ1v) is 9.82. The minimum absolute atomic E-state index is 0.402. The highest BCUT2D eigenvalue weighted by atomic mass is 79.9. The summed E-state index contributed by atoms with van der Waals surface area (Å²) in [6.07, 6.45) is 1.68. The number of aromatic nitrogens is 2. The van der Waals surface area contributed by atoms with Crippen LogP contribution in [0.1, 0.15) is 5.56 Å². The lowest BCUT2D eigenvalue weighted by atomic mass is 10.2. The zero-order valence-corrected chi connectivity index (χ0v) is 18.7. The summed E-state index contributed by atoms with van der Waals surface area (Å²) in [7, 11) is 6.36. The Morgan fingerprint density at radius 3 is 2.27 bits per heavy atom. The molecule has 0 amide bonds. The molecular formula is C21H23BrN4O4. The molecule has 0 saturated carbocycles. The molecule has 2 N–H and O–H groups in total. The van der Waals surface area contributed by atoms with Crippen LogP contribution in [0.4, 0.5) is 23.1 Å². The second-order valence-corrected chi connectivity index (χ2v) is 7.00. The molecule has 9 heteroatoms. The molecule has 158 valence electrons. The summed E-state index contributed by atoms with van der Waals surface area (Å²) in [6, 6.07) is 11.4. The van der Waals surface area contributed by atoms with E-state index in [1.165, 1.54) is 0 Å². The van der Waals surface area contributed by atoms with Crippen LogP contribution in [-0.2, 0) is 11.3 Å². The second kappa shape index (κ2) is 10.1. The summed E-state index contributed by atoms with van der Waals surface area (Å²) >= 11 is 3.50. The van der Waals surface area contributed by atoms with Crippen molar-refractivity contribution in [2.24, 2.45) is 0 Å². The Hall–Kier alpha value is -3.04. The summed E-state index contributed by atoms with van der Waals surface area (Å²) in [5.74, 6) is 2.59. The Morgan fingerprint density at radius 2 is 1.63 bits per heavy atom. The van der Waals surface area contributed by atoms with Crippen LogP contribution in [0.2, 0.25) is 0 Å². The van der Waals surface area contributed by atoms with E-state index < -0.39 is 0 Å². The van der Waals surface area contributed by atoms with Crippen LogP contribution >= 0.6 is 15.9 Å². The highest BCUT2D eigenvalue weighted by Gasteiger charge is 2.14. The van der Waals surface area contributed by atoms with E-state index in [9.17, 15) is 0 Å². The van der Waals surface area contributed by atoms with E-state index in [1.54, 1.807) is 46.8 Å². The molecule has 0 aliphatic rings. The molecule has 0 saturated heterocycles. The smallest absolute Gasteiger partial charge is 0.229 e. The first kappa shape index (κ1) is 21.7. The number of benzene rings is 2. The minimum Gasteiger partial charge on any atom is -0.493 e. The van der Waals surface area contributed by atoms with Crippen LogP contribution in [0.5, 0.6) is 17.2 Å². The van der Waals surface area contributed by atoms with Gasteiger partial charge in [0.2, 0.25) is 11.7 Å². The van der Waals surface area contributed by atoms with Crippen molar-refractivity contribution in [2.45, 2.75) is 6.61 Å². The zero-order valence-electron chi connectivity index (χ0n) is 17.2. The normalized spacial score (nSPS) is 10.4. The number of methoxy groups -OCH3 is 4. The van der Waals surface area contributed by atoms with Crippen molar-refractivity contribution < 1.29 is 18.9 Å². The maximum Gasteiger partial charge on any atom is 0.229 e. The lowest BCUT2D eigenvalue weighted by Crippen LogP contribution is -2.04. The first-order valence-electron chi connectivity index (χ1n) is 9.03. The van der Waals surface area contributed by atoms with E-state index in [4.69, 9.17) is 18.9 Å². The molecule has 30 heavy (non-hydrogen) atoms. The standard InChI is InChI=1S/C21H23BrN4O4/c1-27-12-13-7-5-6-8-16(13)25-20-15(22)11-23-21(26-20)24-14-9-17(28-2)19(30-4)18(10-14)29-3/h5-11H,12H2,1-4H3,(H2,23,24,25,26). The highest BCUT2D eigenvalue weighted by Crippen LogP contribution is 2.40. The molecule has 0 aliphatic heterocycles. The summed E-state index contributed by atoms with van der Waals surface area (Å²) in [4.78, 5) is 8.93. The van der Waals surface area contributed by atoms with E-state index >= 15 is 0 Å². The van der Waals surface area contributed by atoms with Crippen LogP contribution in [0.15, 0.2) is 47.1 Å². The summed E-state index contributed by atoms with van der Waals surface area (Å²) in [6.45, 7) is 0.489. The molecule has 0 atom stereocenters. The Kier molecular flexibility index (Phi) is 7.31. The molecule has 1 aromatic heterocycles. The van der Waals surface area contributed by atoms with E-state index in [1.807, 2.05) is 24.3 Å². The third-order valence-electron chi connectivity index (χ3n) is 4.24. The van der Waals surface area contributed by atoms with Crippen LogP contribution in [-0.4, -0.2) is 38.4 Å². The van der Waals surface area contributed by atoms with Crippen molar-refractivity contribution in [1.29, 1.82) is 0 Å². The highest BCUT2D eigenvalue weighted by molar-refractivity contribution is 9.10. The fourth-order valence-electron chi connectivity index (χ4n) is 2.85.